The molecule has 1 aromatic carbocycles. The normalized spacial score (nSPS) is 12.3. The summed E-state index contributed by atoms with van der Waals surface area (Å²) >= 11 is 0. The molecule has 0 spiro atoms. The fourth-order valence-corrected chi connectivity index (χ4v) is 2.64. The molecule has 0 bridgehead atoms. The molecule has 0 aliphatic heterocycles. The number of hydrogen-bond donors (Lipinski definition) is 0. The third-order valence-electron chi connectivity index (χ3n) is 2.19. The lowest BCUT2D eigenvalue weighted by Gasteiger charge is -2.13. The maximum atomic E-state index is 11.1. The molecule has 0 N–H and O–H groups in total. The van der Waals surface area contributed by atoms with Gasteiger partial charge in [0.05, 0.1) is 8.07 Å². The van der Waals surface area contributed by atoms with Gasteiger partial charge in [-0.15, -0.1) is 0 Å². The van der Waals surface area contributed by atoms with E-state index in [2.05, 4.69) is 31.9 Å². The largest absolute Gasteiger partial charge is 0.298 e. The molecule has 0 amide bonds. The highest BCUT2D eigenvalue weighted by atomic mass is 28.3. The minimum absolute atomic E-state index is 0.727. The van der Waals surface area contributed by atoms with E-state index in [1.54, 1.807) is 0 Å². The number of benzene rings is 1. The summed E-state index contributed by atoms with van der Waals surface area (Å²) in [6.45, 7) is 10.6. The van der Waals surface area contributed by atoms with Gasteiger partial charge in [0.1, 0.15) is 6.29 Å². The van der Waals surface area contributed by atoms with Crippen LogP contribution >= 0.6 is 0 Å². The van der Waals surface area contributed by atoms with Crippen molar-refractivity contribution in [3.05, 3.63) is 53.7 Å². The number of aldehydes is 1. The van der Waals surface area contributed by atoms with Crippen LogP contribution in [0.5, 0.6) is 0 Å². The summed E-state index contributed by atoms with van der Waals surface area (Å²) in [4.78, 5) is 11.1. The highest BCUT2D eigenvalue weighted by Crippen LogP contribution is 2.21. The van der Waals surface area contributed by atoms with E-state index in [0.29, 0.717) is 0 Å². The van der Waals surface area contributed by atoms with Gasteiger partial charge >= 0.3 is 0 Å². The van der Waals surface area contributed by atoms with Crippen molar-refractivity contribution in [2.24, 2.45) is 0 Å². The molecule has 0 saturated carbocycles. The zero-order valence-corrected chi connectivity index (χ0v) is 11.2. The molecule has 0 aromatic heterocycles. The van der Waals surface area contributed by atoms with E-state index >= 15 is 0 Å². The zero-order valence-electron chi connectivity index (χ0n) is 10.2. The van der Waals surface area contributed by atoms with E-state index in [0.717, 1.165) is 23.0 Å². The van der Waals surface area contributed by atoms with Crippen LogP contribution in [0, 0.1) is 0 Å². The fraction of sp³-hybridized carbons (Fsp3) is 0.214. The molecule has 2 heteroatoms. The van der Waals surface area contributed by atoms with E-state index in [9.17, 15) is 4.79 Å². The third kappa shape index (κ3) is 3.63. The van der Waals surface area contributed by atoms with Gasteiger partial charge in [0.25, 0.3) is 0 Å². The lowest BCUT2D eigenvalue weighted by molar-refractivity contribution is -0.104. The molecule has 1 aromatic rings. The topological polar surface area (TPSA) is 17.1 Å². The highest BCUT2D eigenvalue weighted by molar-refractivity contribution is 6.81. The van der Waals surface area contributed by atoms with Crippen LogP contribution in [-0.2, 0) is 4.79 Å². The van der Waals surface area contributed by atoms with Crippen molar-refractivity contribution >= 4 is 19.9 Å². The minimum atomic E-state index is -1.39. The number of carbonyl (C=O) groups excluding carboxylic acids is 1. The Morgan fingerprint density at radius 3 is 2.19 bits per heavy atom. The Hall–Kier alpha value is -1.41. The van der Waals surface area contributed by atoms with Gasteiger partial charge in [0.2, 0.25) is 0 Å². The van der Waals surface area contributed by atoms with Gasteiger partial charge in [-0.2, -0.15) is 0 Å². The second kappa shape index (κ2) is 5.08. The summed E-state index contributed by atoms with van der Waals surface area (Å²) in [6, 6.07) is 9.82. The number of hydrogen-bond acceptors (Lipinski definition) is 1. The van der Waals surface area contributed by atoms with Crippen LogP contribution in [0.25, 0.3) is 5.57 Å². The number of rotatable bonds is 4. The maximum absolute atomic E-state index is 11.1. The molecule has 0 aliphatic rings. The maximum Gasteiger partial charge on any atom is 0.149 e. The van der Waals surface area contributed by atoms with Crippen molar-refractivity contribution in [3.63, 3.8) is 0 Å². The Kier molecular flexibility index (Phi) is 4.02. The van der Waals surface area contributed by atoms with Gasteiger partial charge < -0.3 is 0 Å². The zero-order chi connectivity index (χ0) is 12.2. The van der Waals surface area contributed by atoms with Gasteiger partial charge in [-0.05, 0) is 11.1 Å². The van der Waals surface area contributed by atoms with Crippen molar-refractivity contribution in [1.29, 1.82) is 0 Å². The monoisotopic (exact) mass is 230 g/mol. The molecule has 0 fully saturated rings. The van der Waals surface area contributed by atoms with Crippen molar-refractivity contribution in [3.8, 4) is 0 Å². The van der Waals surface area contributed by atoms with Crippen LogP contribution in [0.3, 0.4) is 0 Å². The first-order valence-corrected chi connectivity index (χ1v) is 8.94. The molecule has 1 nitrogen and oxygen atoms in total. The second-order valence-corrected chi connectivity index (χ2v) is 9.95. The summed E-state index contributed by atoms with van der Waals surface area (Å²) in [5.41, 5.74) is 4.65. The smallest absolute Gasteiger partial charge is 0.149 e. The van der Waals surface area contributed by atoms with Gasteiger partial charge in [-0.1, -0.05) is 62.3 Å². The predicted octanol–water partition coefficient (Wildman–Crippen LogP) is 3.70. The van der Waals surface area contributed by atoms with E-state index in [1.807, 2.05) is 30.3 Å². The molecule has 0 aliphatic carbocycles. The van der Waals surface area contributed by atoms with E-state index in [1.165, 1.54) is 0 Å². The lowest BCUT2D eigenvalue weighted by Crippen LogP contribution is -2.17. The van der Waals surface area contributed by atoms with Crippen LogP contribution < -0.4 is 0 Å². The molecule has 0 saturated heterocycles. The average molecular weight is 230 g/mol. The van der Waals surface area contributed by atoms with Crippen molar-refractivity contribution in [2.45, 2.75) is 19.6 Å². The SMILES string of the molecule is C=C(/C(C=O)=C\[Si](C)(C)C)c1ccccc1. The summed E-state index contributed by atoms with van der Waals surface area (Å²) in [5, 5.41) is 0. The molecule has 0 atom stereocenters. The van der Waals surface area contributed by atoms with E-state index < -0.39 is 8.07 Å². The van der Waals surface area contributed by atoms with Crippen molar-refractivity contribution in [2.75, 3.05) is 0 Å². The highest BCUT2D eigenvalue weighted by Gasteiger charge is 2.13. The fourth-order valence-electron chi connectivity index (χ4n) is 1.46. The van der Waals surface area contributed by atoms with Crippen molar-refractivity contribution < 1.29 is 4.79 Å². The summed E-state index contributed by atoms with van der Waals surface area (Å²) in [6.07, 6.45) is 0.910. The lowest BCUT2D eigenvalue weighted by atomic mass is 10.0. The third-order valence-corrected chi connectivity index (χ3v) is 3.36. The molecule has 0 heterocycles. The number of allylic oxidation sites excluding steroid dienone is 2. The van der Waals surface area contributed by atoms with Gasteiger partial charge in [-0.25, -0.2) is 0 Å². The number of carbonyl (C=O) groups is 1. The van der Waals surface area contributed by atoms with Gasteiger partial charge in [0, 0.05) is 5.57 Å². The summed E-state index contributed by atoms with van der Waals surface area (Å²) in [5.74, 6) is 0. The summed E-state index contributed by atoms with van der Waals surface area (Å²) < 4.78 is 0. The summed E-state index contributed by atoms with van der Waals surface area (Å²) in [7, 11) is -1.39. The molecule has 0 unspecified atom stereocenters. The van der Waals surface area contributed by atoms with E-state index in [4.69, 9.17) is 0 Å². The van der Waals surface area contributed by atoms with Crippen LogP contribution in [0.4, 0.5) is 0 Å². The Morgan fingerprint density at radius 1 is 1.19 bits per heavy atom. The standard InChI is InChI=1S/C14H18OSi/c1-12(13-8-6-5-7-9-13)14(10-15)11-16(2,3)4/h5-11H,1H2,2-4H3/b14-11-. The van der Waals surface area contributed by atoms with Gasteiger partial charge in [0.15, 0.2) is 0 Å². The Morgan fingerprint density at radius 2 is 1.75 bits per heavy atom. The molecule has 0 radical (unpaired) electrons. The Balaban J connectivity index is 3.05. The first kappa shape index (κ1) is 12.7. The second-order valence-electron chi connectivity index (χ2n) is 4.93. The predicted molar refractivity (Wildman–Crippen MR) is 73.0 cm³/mol. The Bertz CT molecular complexity index is 410. The minimum Gasteiger partial charge on any atom is -0.298 e. The van der Waals surface area contributed by atoms with Crippen molar-refractivity contribution in [1.82, 2.24) is 0 Å². The molecule has 84 valence electrons. The molecule has 1 rings (SSSR count). The molecular weight excluding hydrogens is 212 g/mol. The van der Waals surface area contributed by atoms with Gasteiger partial charge in [-0.3, -0.25) is 4.79 Å². The van der Waals surface area contributed by atoms with Crippen LogP contribution in [-0.4, -0.2) is 14.4 Å². The van der Waals surface area contributed by atoms with E-state index in [-0.39, 0.29) is 0 Å². The molecular formula is C14H18OSi. The average Bonchev–Trinajstić information content (AvgIpc) is 2.25. The van der Waals surface area contributed by atoms with Crippen LogP contribution in [0.15, 0.2) is 48.2 Å². The quantitative estimate of drug-likeness (QED) is 0.333. The van der Waals surface area contributed by atoms with Crippen LogP contribution in [0.2, 0.25) is 19.6 Å². The molecule has 16 heavy (non-hydrogen) atoms. The Labute approximate surface area is 98.5 Å². The first-order valence-electron chi connectivity index (χ1n) is 5.37. The first-order chi connectivity index (χ1) is 7.44. The van der Waals surface area contributed by atoms with Crippen LogP contribution in [0.1, 0.15) is 5.56 Å².